The monoisotopic (exact) mass is 212 g/mol. The highest BCUT2D eigenvalue weighted by molar-refractivity contribution is 5.81. The van der Waals surface area contributed by atoms with E-state index in [2.05, 4.69) is 9.97 Å². The average Bonchev–Trinajstić information content (AvgIpc) is 2.96. The molecule has 2 aromatic heterocycles. The Kier molecular flexibility index (Phi) is 1.86. The third-order valence-corrected chi connectivity index (χ3v) is 2.45. The maximum Gasteiger partial charge on any atom is 0.185 e. The Morgan fingerprint density at radius 1 is 1.25 bits per heavy atom. The van der Waals surface area contributed by atoms with Gasteiger partial charge in [-0.25, -0.2) is 4.98 Å². The number of aromatic nitrogens is 2. The standard InChI is InChI=1S/C12H8N2O2/c15-6-9-2-4-12(16-9)8-1-3-10-11(5-8)14-7-13-10/h1-7H,(H,13,14). The normalized spacial score (nSPS) is 10.8. The second-order valence-electron chi connectivity index (χ2n) is 3.45. The van der Waals surface area contributed by atoms with Gasteiger partial charge in [-0.2, -0.15) is 0 Å². The lowest BCUT2D eigenvalue weighted by atomic mass is 10.1. The number of carbonyl (C=O) groups excluding carboxylic acids is 1. The summed E-state index contributed by atoms with van der Waals surface area (Å²) in [6.45, 7) is 0. The molecular weight excluding hydrogens is 204 g/mol. The third kappa shape index (κ3) is 1.32. The maximum absolute atomic E-state index is 10.5. The van der Waals surface area contributed by atoms with Gasteiger partial charge in [-0.15, -0.1) is 0 Å². The van der Waals surface area contributed by atoms with Crippen LogP contribution in [-0.2, 0) is 0 Å². The molecule has 0 spiro atoms. The van der Waals surface area contributed by atoms with Gasteiger partial charge in [0.1, 0.15) is 5.76 Å². The van der Waals surface area contributed by atoms with Crippen LogP contribution in [0.5, 0.6) is 0 Å². The van der Waals surface area contributed by atoms with Crippen LogP contribution in [0.2, 0.25) is 0 Å². The van der Waals surface area contributed by atoms with Gasteiger partial charge in [-0.1, -0.05) is 0 Å². The zero-order valence-electron chi connectivity index (χ0n) is 8.31. The fourth-order valence-corrected chi connectivity index (χ4v) is 1.66. The van der Waals surface area contributed by atoms with E-state index in [0.29, 0.717) is 17.8 Å². The SMILES string of the molecule is O=Cc1ccc(-c2ccc3nc[nH]c3c2)o1. The minimum atomic E-state index is 0.333. The summed E-state index contributed by atoms with van der Waals surface area (Å²) in [5.74, 6) is 1.01. The largest absolute Gasteiger partial charge is 0.453 e. The molecule has 1 N–H and O–H groups in total. The lowest BCUT2D eigenvalue weighted by Gasteiger charge is -1.96. The van der Waals surface area contributed by atoms with E-state index in [1.807, 2.05) is 18.2 Å². The van der Waals surface area contributed by atoms with Crippen LogP contribution in [0.15, 0.2) is 41.1 Å². The van der Waals surface area contributed by atoms with Crippen LogP contribution in [0.3, 0.4) is 0 Å². The number of aldehydes is 1. The Morgan fingerprint density at radius 2 is 2.19 bits per heavy atom. The van der Waals surface area contributed by atoms with Gasteiger partial charge in [0.15, 0.2) is 12.0 Å². The highest BCUT2D eigenvalue weighted by Gasteiger charge is 2.05. The van der Waals surface area contributed by atoms with Gasteiger partial charge >= 0.3 is 0 Å². The van der Waals surface area contributed by atoms with Gasteiger partial charge in [-0.3, -0.25) is 4.79 Å². The summed E-state index contributed by atoms with van der Waals surface area (Å²) in [4.78, 5) is 17.7. The predicted octanol–water partition coefficient (Wildman–Crippen LogP) is 2.64. The molecule has 78 valence electrons. The molecule has 0 aliphatic rings. The van der Waals surface area contributed by atoms with Gasteiger partial charge in [0.05, 0.1) is 17.4 Å². The number of fused-ring (bicyclic) bond motifs is 1. The number of nitrogens with zero attached hydrogens (tertiary/aromatic N) is 1. The number of aromatic amines is 1. The first-order valence-corrected chi connectivity index (χ1v) is 4.85. The van der Waals surface area contributed by atoms with Crippen molar-refractivity contribution in [1.82, 2.24) is 9.97 Å². The van der Waals surface area contributed by atoms with Crippen molar-refractivity contribution >= 4 is 17.3 Å². The van der Waals surface area contributed by atoms with Gasteiger partial charge in [0.25, 0.3) is 0 Å². The lowest BCUT2D eigenvalue weighted by molar-refractivity contribution is 0.110. The number of furan rings is 1. The first-order chi connectivity index (χ1) is 7.86. The molecule has 0 fully saturated rings. The van der Waals surface area contributed by atoms with Crippen molar-refractivity contribution in [3.05, 3.63) is 42.4 Å². The Labute approximate surface area is 90.9 Å². The summed E-state index contributed by atoms with van der Waals surface area (Å²) in [7, 11) is 0. The van der Waals surface area contributed by atoms with Crippen molar-refractivity contribution in [1.29, 1.82) is 0 Å². The number of benzene rings is 1. The highest BCUT2D eigenvalue weighted by atomic mass is 16.3. The van der Waals surface area contributed by atoms with Crippen LogP contribution >= 0.6 is 0 Å². The van der Waals surface area contributed by atoms with Crippen molar-refractivity contribution in [2.45, 2.75) is 0 Å². The van der Waals surface area contributed by atoms with Gasteiger partial charge in [0, 0.05) is 5.56 Å². The topological polar surface area (TPSA) is 58.9 Å². The lowest BCUT2D eigenvalue weighted by Crippen LogP contribution is -1.75. The van der Waals surface area contributed by atoms with E-state index in [1.165, 1.54) is 0 Å². The summed E-state index contributed by atoms with van der Waals surface area (Å²) >= 11 is 0. The number of carbonyl (C=O) groups is 1. The second kappa shape index (κ2) is 3.34. The molecule has 0 amide bonds. The van der Waals surface area contributed by atoms with Crippen LogP contribution < -0.4 is 0 Å². The molecule has 0 bridgehead atoms. The van der Waals surface area contributed by atoms with Crippen LogP contribution in [0, 0.1) is 0 Å². The van der Waals surface area contributed by atoms with Crippen molar-refractivity contribution in [3.63, 3.8) is 0 Å². The number of hydrogen-bond acceptors (Lipinski definition) is 3. The number of imidazole rings is 1. The van der Waals surface area contributed by atoms with Crippen molar-refractivity contribution < 1.29 is 9.21 Å². The molecule has 3 aromatic rings. The number of rotatable bonds is 2. The summed E-state index contributed by atoms with van der Waals surface area (Å²) in [5, 5.41) is 0. The predicted molar refractivity (Wildman–Crippen MR) is 59.2 cm³/mol. The van der Waals surface area contributed by atoms with E-state index < -0.39 is 0 Å². The summed E-state index contributed by atoms with van der Waals surface area (Å²) in [6, 6.07) is 9.19. The molecule has 1 aromatic carbocycles. The maximum atomic E-state index is 10.5. The average molecular weight is 212 g/mol. The van der Waals surface area contributed by atoms with Crippen molar-refractivity contribution in [2.75, 3.05) is 0 Å². The smallest absolute Gasteiger partial charge is 0.185 e. The highest BCUT2D eigenvalue weighted by Crippen LogP contribution is 2.24. The van der Waals surface area contributed by atoms with E-state index in [4.69, 9.17) is 4.42 Å². The molecule has 4 nitrogen and oxygen atoms in total. The first-order valence-electron chi connectivity index (χ1n) is 4.85. The van der Waals surface area contributed by atoms with E-state index >= 15 is 0 Å². The summed E-state index contributed by atoms with van der Waals surface area (Å²) < 4.78 is 5.34. The number of hydrogen-bond donors (Lipinski definition) is 1. The molecule has 16 heavy (non-hydrogen) atoms. The van der Waals surface area contributed by atoms with E-state index in [1.54, 1.807) is 18.5 Å². The van der Waals surface area contributed by atoms with Crippen LogP contribution in [0.4, 0.5) is 0 Å². The van der Waals surface area contributed by atoms with Gasteiger partial charge < -0.3 is 9.40 Å². The fraction of sp³-hybridized carbons (Fsp3) is 0. The summed E-state index contributed by atoms with van der Waals surface area (Å²) in [6.07, 6.45) is 2.34. The Bertz CT molecular complexity index is 652. The molecule has 4 heteroatoms. The Morgan fingerprint density at radius 3 is 3.00 bits per heavy atom. The minimum Gasteiger partial charge on any atom is -0.453 e. The molecular formula is C12H8N2O2. The molecule has 0 aliphatic heterocycles. The van der Waals surface area contributed by atoms with Crippen LogP contribution in [-0.4, -0.2) is 16.3 Å². The zero-order chi connectivity index (χ0) is 11.0. The van der Waals surface area contributed by atoms with E-state index in [9.17, 15) is 4.79 Å². The molecule has 0 unspecified atom stereocenters. The van der Waals surface area contributed by atoms with Gasteiger partial charge in [-0.05, 0) is 30.3 Å². The number of nitrogens with one attached hydrogen (secondary N) is 1. The third-order valence-electron chi connectivity index (χ3n) is 2.45. The van der Waals surface area contributed by atoms with Crippen molar-refractivity contribution in [3.8, 4) is 11.3 Å². The quantitative estimate of drug-likeness (QED) is 0.664. The molecule has 3 rings (SSSR count). The molecule has 0 radical (unpaired) electrons. The van der Waals surface area contributed by atoms with Gasteiger partial charge in [0.2, 0.25) is 0 Å². The summed E-state index contributed by atoms with van der Waals surface area (Å²) in [5.41, 5.74) is 2.78. The van der Waals surface area contributed by atoms with Crippen molar-refractivity contribution in [2.24, 2.45) is 0 Å². The van der Waals surface area contributed by atoms with Crippen LogP contribution in [0.1, 0.15) is 10.6 Å². The van der Waals surface area contributed by atoms with E-state index in [-0.39, 0.29) is 0 Å². The Balaban J connectivity index is 2.13. The molecule has 2 heterocycles. The van der Waals surface area contributed by atoms with Crippen LogP contribution in [0.25, 0.3) is 22.4 Å². The molecule has 0 atom stereocenters. The zero-order valence-corrected chi connectivity index (χ0v) is 8.31. The molecule has 0 saturated heterocycles. The second-order valence-corrected chi connectivity index (χ2v) is 3.45. The first kappa shape index (κ1) is 8.91. The van der Waals surface area contributed by atoms with E-state index in [0.717, 1.165) is 16.6 Å². The molecule has 0 aliphatic carbocycles. The fourth-order valence-electron chi connectivity index (χ4n) is 1.66. The Hall–Kier alpha value is -2.36. The molecule has 0 saturated carbocycles. The minimum absolute atomic E-state index is 0.333. The number of H-pyrrole nitrogens is 1.